The Labute approximate surface area is 128 Å². The van der Waals surface area contributed by atoms with Crippen LogP contribution in [0, 0.1) is 0 Å². The van der Waals surface area contributed by atoms with Crippen LogP contribution in [0.2, 0.25) is 0 Å². The Bertz CT molecular complexity index is 493. The van der Waals surface area contributed by atoms with Gasteiger partial charge in [0.25, 0.3) is 5.91 Å². The Morgan fingerprint density at radius 1 is 1.55 bits per heavy atom. The van der Waals surface area contributed by atoms with Crippen LogP contribution in [0.1, 0.15) is 30.1 Å². The molecule has 1 aromatic carbocycles. The quantitative estimate of drug-likeness (QED) is 0.916. The van der Waals surface area contributed by atoms with Crippen molar-refractivity contribution in [2.24, 2.45) is 0 Å². The van der Waals surface area contributed by atoms with Crippen molar-refractivity contribution in [3.63, 3.8) is 0 Å². The lowest BCUT2D eigenvalue weighted by Gasteiger charge is -2.28. The maximum atomic E-state index is 12.4. The zero-order valence-corrected chi connectivity index (χ0v) is 13.6. The molecule has 1 unspecified atom stereocenters. The molecular formula is C15H21BrN2O2. The number of halogens is 1. The Hall–Kier alpha value is -1.07. The van der Waals surface area contributed by atoms with Gasteiger partial charge < -0.3 is 10.0 Å². The molecule has 20 heavy (non-hydrogen) atoms. The van der Waals surface area contributed by atoms with Gasteiger partial charge in [0.2, 0.25) is 0 Å². The lowest BCUT2D eigenvalue weighted by molar-refractivity contribution is 0.0751. The molecule has 110 valence electrons. The third kappa shape index (κ3) is 3.33. The second-order valence-electron chi connectivity index (χ2n) is 5.27. The van der Waals surface area contributed by atoms with Crippen LogP contribution in [0.25, 0.3) is 0 Å². The molecule has 1 fully saturated rings. The van der Waals surface area contributed by atoms with E-state index in [-0.39, 0.29) is 11.7 Å². The lowest BCUT2D eigenvalue weighted by Crippen LogP contribution is -2.41. The van der Waals surface area contributed by atoms with Gasteiger partial charge in [-0.15, -0.1) is 0 Å². The first-order valence-electron chi connectivity index (χ1n) is 7.01. The van der Waals surface area contributed by atoms with Gasteiger partial charge in [-0.2, -0.15) is 0 Å². The molecule has 1 aliphatic rings. The summed E-state index contributed by atoms with van der Waals surface area (Å²) in [5.74, 6) is -0.101. The highest BCUT2D eigenvalue weighted by Crippen LogP contribution is 2.24. The molecule has 2 rings (SSSR count). The van der Waals surface area contributed by atoms with Gasteiger partial charge in [0.1, 0.15) is 5.75 Å². The van der Waals surface area contributed by atoms with Crippen molar-refractivity contribution < 1.29 is 9.90 Å². The SMILES string of the molecule is CCN1CCCC1CN(C)C(=O)c1cc(Br)ccc1O. The van der Waals surface area contributed by atoms with Crippen molar-refractivity contribution in [1.82, 2.24) is 9.80 Å². The van der Waals surface area contributed by atoms with Crippen LogP contribution < -0.4 is 0 Å². The summed E-state index contributed by atoms with van der Waals surface area (Å²) in [5.41, 5.74) is 0.350. The number of phenols is 1. The van der Waals surface area contributed by atoms with Crippen molar-refractivity contribution in [3.8, 4) is 5.75 Å². The number of likely N-dealkylation sites (tertiary alicyclic amines) is 1. The Balaban J connectivity index is 2.07. The summed E-state index contributed by atoms with van der Waals surface area (Å²) < 4.78 is 0.795. The van der Waals surface area contributed by atoms with Gasteiger partial charge in [0.15, 0.2) is 0 Å². The van der Waals surface area contributed by atoms with Crippen LogP contribution in [0.4, 0.5) is 0 Å². The molecule has 1 aliphatic heterocycles. The summed E-state index contributed by atoms with van der Waals surface area (Å²) in [6.07, 6.45) is 2.33. The fraction of sp³-hybridized carbons (Fsp3) is 0.533. The number of benzene rings is 1. The first kappa shape index (κ1) is 15.3. The lowest BCUT2D eigenvalue weighted by atomic mass is 10.1. The third-order valence-corrected chi connectivity index (χ3v) is 4.42. The van der Waals surface area contributed by atoms with E-state index in [0.717, 1.165) is 24.0 Å². The van der Waals surface area contributed by atoms with E-state index in [4.69, 9.17) is 0 Å². The summed E-state index contributed by atoms with van der Waals surface area (Å²) >= 11 is 3.33. The monoisotopic (exact) mass is 340 g/mol. The largest absolute Gasteiger partial charge is 0.507 e. The van der Waals surface area contributed by atoms with Gasteiger partial charge in [-0.25, -0.2) is 0 Å². The molecule has 0 aliphatic carbocycles. The standard InChI is InChI=1S/C15H21BrN2O2/c1-3-18-8-4-5-12(18)10-17(2)15(20)13-9-11(16)6-7-14(13)19/h6-7,9,12,19H,3-5,8,10H2,1-2H3. The van der Waals surface area contributed by atoms with E-state index in [0.29, 0.717) is 18.2 Å². The molecule has 1 amide bonds. The number of carbonyl (C=O) groups is 1. The molecule has 0 saturated carbocycles. The summed E-state index contributed by atoms with van der Waals surface area (Å²) in [5, 5.41) is 9.83. The number of hydrogen-bond donors (Lipinski definition) is 1. The van der Waals surface area contributed by atoms with Gasteiger partial charge in [-0.3, -0.25) is 9.69 Å². The van der Waals surface area contributed by atoms with E-state index in [1.54, 1.807) is 30.1 Å². The van der Waals surface area contributed by atoms with E-state index < -0.39 is 0 Å². The Morgan fingerprint density at radius 3 is 3.00 bits per heavy atom. The maximum absolute atomic E-state index is 12.4. The molecule has 1 saturated heterocycles. The van der Waals surface area contributed by atoms with Crippen molar-refractivity contribution in [1.29, 1.82) is 0 Å². The topological polar surface area (TPSA) is 43.8 Å². The molecule has 4 nitrogen and oxygen atoms in total. The zero-order valence-electron chi connectivity index (χ0n) is 12.0. The molecule has 0 radical (unpaired) electrons. The number of nitrogens with zero attached hydrogens (tertiary/aromatic N) is 2. The highest BCUT2D eigenvalue weighted by molar-refractivity contribution is 9.10. The molecule has 5 heteroatoms. The molecule has 1 heterocycles. The van der Waals surface area contributed by atoms with Crippen LogP contribution in [0.5, 0.6) is 5.75 Å². The van der Waals surface area contributed by atoms with Gasteiger partial charge in [-0.1, -0.05) is 22.9 Å². The molecule has 0 spiro atoms. The molecule has 0 bridgehead atoms. The van der Waals surface area contributed by atoms with E-state index in [9.17, 15) is 9.90 Å². The minimum Gasteiger partial charge on any atom is -0.507 e. The van der Waals surface area contributed by atoms with E-state index >= 15 is 0 Å². The van der Waals surface area contributed by atoms with Crippen LogP contribution in [-0.4, -0.2) is 53.5 Å². The van der Waals surface area contributed by atoms with Crippen molar-refractivity contribution in [3.05, 3.63) is 28.2 Å². The van der Waals surface area contributed by atoms with Gasteiger partial charge in [0, 0.05) is 24.1 Å². The zero-order chi connectivity index (χ0) is 14.7. The average Bonchev–Trinajstić information content (AvgIpc) is 2.87. The van der Waals surface area contributed by atoms with Crippen LogP contribution in [0.15, 0.2) is 22.7 Å². The predicted octanol–water partition coefficient (Wildman–Crippen LogP) is 2.71. The molecular weight excluding hydrogens is 320 g/mol. The first-order chi connectivity index (χ1) is 9.52. The van der Waals surface area contributed by atoms with Crippen molar-refractivity contribution >= 4 is 21.8 Å². The Morgan fingerprint density at radius 2 is 2.30 bits per heavy atom. The number of aromatic hydroxyl groups is 1. The van der Waals surface area contributed by atoms with Crippen LogP contribution in [-0.2, 0) is 0 Å². The van der Waals surface area contributed by atoms with E-state index in [2.05, 4.69) is 27.8 Å². The second kappa shape index (κ2) is 6.59. The van der Waals surface area contributed by atoms with Crippen LogP contribution in [0.3, 0.4) is 0 Å². The number of amides is 1. The predicted molar refractivity (Wildman–Crippen MR) is 83.0 cm³/mol. The highest BCUT2D eigenvalue weighted by Gasteiger charge is 2.26. The van der Waals surface area contributed by atoms with Gasteiger partial charge in [0.05, 0.1) is 5.56 Å². The smallest absolute Gasteiger partial charge is 0.257 e. The molecule has 0 aromatic heterocycles. The second-order valence-corrected chi connectivity index (χ2v) is 6.19. The van der Waals surface area contributed by atoms with E-state index in [1.165, 1.54) is 6.42 Å². The fourth-order valence-electron chi connectivity index (χ4n) is 2.80. The number of hydrogen-bond acceptors (Lipinski definition) is 3. The summed E-state index contributed by atoms with van der Waals surface area (Å²) in [6.45, 7) is 5.00. The summed E-state index contributed by atoms with van der Waals surface area (Å²) in [6, 6.07) is 5.37. The Kier molecular flexibility index (Phi) is 5.05. The molecule has 1 atom stereocenters. The van der Waals surface area contributed by atoms with Gasteiger partial charge >= 0.3 is 0 Å². The summed E-state index contributed by atoms with van der Waals surface area (Å²) in [7, 11) is 1.80. The van der Waals surface area contributed by atoms with Gasteiger partial charge in [-0.05, 0) is 44.1 Å². The number of carbonyl (C=O) groups excluding carboxylic acids is 1. The fourth-order valence-corrected chi connectivity index (χ4v) is 3.16. The third-order valence-electron chi connectivity index (χ3n) is 3.93. The number of likely N-dealkylation sites (N-methyl/N-ethyl adjacent to an activating group) is 2. The minimum absolute atomic E-state index is 0.0313. The van der Waals surface area contributed by atoms with Crippen molar-refractivity contribution in [2.45, 2.75) is 25.8 Å². The number of rotatable bonds is 4. The molecule has 1 N–H and O–H groups in total. The highest BCUT2D eigenvalue weighted by atomic mass is 79.9. The minimum atomic E-state index is -0.133. The summed E-state index contributed by atoms with van der Waals surface area (Å²) in [4.78, 5) is 16.5. The van der Waals surface area contributed by atoms with Crippen LogP contribution >= 0.6 is 15.9 Å². The van der Waals surface area contributed by atoms with Crippen molar-refractivity contribution in [2.75, 3.05) is 26.7 Å². The number of phenolic OH excluding ortho intramolecular Hbond substituents is 1. The maximum Gasteiger partial charge on any atom is 0.257 e. The normalized spacial score (nSPS) is 19.2. The molecule has 1 aromatic rings. The first-order valence-corrected chi connectivity index (χ1v) is 7.80. The van der Waals surface area contributed by atoms with E-state index in [1.807, 2.05) is 0 Å². The average molecular weight is 341 g/mol.